The highest BCUT2D eigenvalue weighted by Gasteiger charge is 2.15. The highest BCUT2D eigenvalue weighted by molar-refractivity contribution is 4.72. The third-order valence-corrected chi connectivity index (χ3v) is 7.66. The monoisotopic (exact) mass is 453 g/mol. The van der Waals surface area contributed by atoms with Crippen molar-refractivity contribution in [1.29, 1.82) is 0 Å². The number of hydrogen-bond donors (Lipinski definition) is 0. The zero-order chi connectivity index (χ0) is 23.9. The van der Waals surface area contributed by atoms with Crippen LogP contribution >= 0.6 is 0 Å². The summed E-state index contributed by atoms with van der Waals surface area (Å²) in [6, 6.07) is 1.52. The van der Waals surface area contributed by atoms with Crippen molar-refractivity contribution in [3.05, 3.63) is 0 Å². The summed E-state index contributed by atoms with van der Waals surface area (Å²) in [5.74, 6) is 0. The molecule has 0 N–H and O–H groups in total. The largest absolute Gasteiger partial charge is 0.306 e. The van der Waals surface area contributed by atoms with E-state index < -0.39 is 0 Å². The van der Waals surface area contributed by atoms with Gasteiger partial charge in [-0.25, -0.2) is 0 Å². The summed E-state index contributed by atoms with van der Waals surface area (Å²) in [5, 5.41) is 0. The molecule has 2 atom stereocenters. The lowest BCUT2D eigenvalue weighted by Crippen LogP contribution is -2.32. The maximum Gasteiger partial charge on any atom is 0.00897 e. The molecule has 0 rings (SSSR count). The van der Waals surface area contributed by atoms with Crippen molar-refractivity contribution >= 4 is 0 Å². The minimum atomic E-state index is 0.748. The van der Waals surface area contributed by atoms with Crippen molar-refractivity contribution in [1.82, 2.24) is 9.80 Å². The van der Waals surface area contributed by atoms with Crippen molar-refractivity contribution in [2.75, 3.05) is 28.2 Å². The van der Waals surface area contributed by atoms with E-state index in [0.717, 1.165) is 12.1 Å². The Hall–Kier alpha value is -0.0800. The van der Waals surface area contributed by atoms with E-state index >= 15 is 0 Å². The first-order valence-electron chi connectivity index (χ1n) is 14.9. The zero-order valence-electron chi connectivity index (χ0n) is 23.6. The third kappa shape index (κ3) is 20.5. The lowest BCUT2D eigenvalue weighted by atomic mass is 9.97. The Balaban J connectivity index is 3.43. The molecular formula is C30H64N2. The minimum Gasteiger partial charge on any atom is -0.306 e. The molecule has 0 saturated carbocycles. The molecule has 0 saturated heterocycles. The summed E-state index contributed by atoms with van der Waals surface area (Å²) in [6.45, 7) is 4.63. The van der Waals surface area contributed by atoms with Gasteiger partial charge in [0.15, 0.2) is 0 Å². The molecule has 32 heavy (non-hydrogen) atoms. The van der Waals surface area contributed by atoms with Gasteiger partial charge in [-0.3, -0.25) is 0 Å². The normalized spacial score (nSPS) is 13.9. The van der Waals surface area contributed by atoms with Gasteiger partial charge in [0.2, 0.25) is 0 Å². The van der Waals surface area contributed by atoms with Gasteiger partial charge in [-0.05, 0) is 53.9 Å². The highest BCUT2D eigenvalue weighted by Crippen LogP contribution is 2.18. The van der Waals surface area contributed by atoms with Crippen molar-refractivity contribution in [3.63, 3.8) is 0 Å². The molecule has 0 radical (unpaired) electrons. The molecule has 0 spiro atoms. The quantitative estimate of drug-likeness (QED) is 0.127. The van der Waals surface area contributed by atoms with Crippen LogP contribution in [-0.4, -0.2) is 50.1 Å². The molecule has 0 aliphatic rings. The molecule has 0 amide bonds. The van der Waals surface area contributed by atoms with Gasteiger partial charge in [-0.15, -0.1) is 0 Å². The van der Waals surface area contributed by atoms with Crippen LogP contribution in [0, 0.1) is 0 Å². The summed E-state index contributed by atoms with van der Waals surface area (Å²) in [6.07, 6.45) is 31.6. The fourth-order valence-corrected chi connectivity index (χ4v) is 5.15. The topological polar surface area (TPSA) is 6.48 Å². The fraction of sp³-hybridized carbons (Fsp3) is 1.00. The highest BCUT2D eigenvalue weighted by atomic mass is 15.1. The number of nitrogens with zero attached hydrogens (tertiary/aromatic N) is 2. The smallest absolute Gasteiger partial charge is 0.00897 e. The second-order valence-electron chi connectivity index (χ2n) is 11.0. The Kier molecular flexibility index (Phi) is 24.0. The second kappa shape index (κ2) is 24.1. The van der Waals surface area contributed by atoms with Gasteiger partial charge in [-0.2, -0.15) is 0 Å². The Bertz CT molecular complexity index is 353. The molecule has 194 valence electrons. The third-order valence-electron chi connectivity index (χ3n) is 7.66. The molecule has 0 heterocycles. The van der Waals surface area contributed by atoms with E-state index in [0.29, 0.717) is 0 Å². The predicted molar refractivity (Wildman–Crippen MR) is 148 cm³/mol. The molecule has 2 nitrogen and oxygen atoms in total. The maximum absolute atomic E-state index is 2.47. The van der Waals surface area contributed by atoms with Gasteiger partial charge in [0.05, 0.1) is 0 Å². The average molecular weight is 453 g/mol. The molecule has 0 aliphatic heterocycles. The lowest BCUT2D eigenvalue weighted by Gasteiger charge is -2.29. The van der Waals surface area contributed by atoms with E-state index in [1.54, 1.807) is 0 Å². The van der Waals surface area contributed by atoms with Crippen LogP contribution in [0.3, 0.4) is 0 Å². The molecule has 0 fully saturated rings. The number of hydrogen-bond acceptors (Lipinski definition) is 2. The maximum atomic E-state index is 2.47. The summed E-state index contributed by atoms with van der Waals surface area (Å²) >= 11 is 0. The standard InChI is InChI=1S/C30H64N2/c1-7-9-10-11-12-13-14-15-16-17-18-19-20-21-22-23-24-25-26-30(32(5)6)28-27-29(8-2)31(3)4/h29-30H,7-28H2,1-6H3. The first-order chi connectivity index (χ1) is 15.5. The van der Waals surface area contributed by atoms with Gasteiger partial charge >= 0.3 is 0 Å². The first kappa shape index (κ1) is 31.9. The zero-order valence-corrected chi connectivity index (χ0v) is 23.6. The van der Waals surface area contributed by atoms with Gasteiger partial charge < -0.3 is 9.80 Å². The minimum absolute atomic E-state index is 0.748. The van der Waals surface area contributed by atoms with Gasteiger partial charge in [0, 0.05) is 12.1 Å². The lowest BCUT2D eigenvalue weighted by molar-refractivity contribution is 0.210. The van der Waals surface area contributed by atoms with E-state index in [4.69, 9.17) is 0 Å². The summed E-state index contributed by atoms with van der Waals surface area (Å²) in [5.41, 5.74) is 0. The van der Waals surface area contributed by atoms with E-state index in [2.05, 4.69) is 51.8 Å². The molecule has 2 heteroatoms. The molecular weight excluding hydrogens is 388 g/mol. The molecule has 0 bridgehead atoms. The SMILES string of the molecule is CCCCCCCCCCCCCCCCCCCCC(CCC(CC)N(C)C)N(C)C. The molecule has 0 aromatic rings. The van der Waals surface area contributed by atoms with Crippen LogP contribution in [-0.2, 0) is 0 Å². The van der Waals surface area contributed by atoms with Crippen LogP contribution < -0.4 is 0 Å². The van der Waals surface area contributed by atoms with E-state index in [9.17, 15) is 0 Å². The second-order valence-corrected chi connectivity index (χ2v) is 11.0. The van der Waals surface area contributed by atoms with Crippen molar-refractivity contribution in [2.45, 2.75) is 167 Å². The number of rotatable bonds is 25. The van der Waals surface area contributed by atoms with Crippen LogP contribution in [0.1, 0.15) is 155 Å². The van der Waals surface area contributed by atoms with Crippen LogP contribution in [0.25, 0.3) is 0 Å². The summed E-state index contributed by atoms with van der Waals surface area (Å²) in [7, 11) is 9.01. The number of unbranched alkanes of at least 4 members (excludes halogenated alkanes) is 17. The fourth-order valence-electron chi connectivity index (χ4n) is 5.15. The summed E-state index contributed by atoms with van der Waals surface area (Å²) < 4.78 is 0. The summed E-state index contributed by atoms with van der Waals surface area (Å²) in [4.78, 5) is 4.87. The van der Waals surface area contributed by atoms with E-state index in [1.165, 1.54) is 141 Å². The van der Waals surface area contributed by atoms with Crippen molar-refractivity contribution < 1.29 is 0 Å². The van der Waals surface area contributed by atoms with Crippen LogP contribution in [0.4, 0.5) is 0 Å². The Morgan fingerprint density at radius 1 is 0.375 bits per heavy atom. The Labute approximate surface area is 205 Å². The molecule has 2 unspecified atom stereocenters. The predicted octanol–water partition coefficient (Wildman–Crippen LogP) is 9.47. The van der Waals surface area contributed by atoms with Crippen molar-refractivity contribution in [3.8, 4) is 0 Å². The molecule has 0 aliphatic carbocycles. The molecule has 0 aromatic heterocycles. The van der Waals surface area contributed by atoms with Crippen LogP contribution in [0.2, 0.25) is 0 Å². The van der Waals surface area contributed by atoms with Gasteiger partial charge in [0.1, 0.15) is 0 Å². The Morgan fingerprint density at radius 2 is 0.688 bits per heavy atom. The van der Waals surface area contributed by atoms with Crippen LogP contribution in [0.5, 0.6) is 0 Å². The van der Waals surface area contributed by atoms with Crippen molar-refractivity contribution in [2.24, 2.45) is 0 Å². The van der Waals surface area contributed by atoms with Gasteiger partial charge in [0.25, 0.3) is 0 Å². The van der Waals surface area contributed by atoms with E-state index in [-0.39, 0.29) is 0 Å². The Morgan fingerprint density at radius 3 is 1.00 bits per heavy atom. The van der Waals surface area contributed by atoms with E-state index in [1.807, 2.05) is 0 Å². The average Bonchev–Trinajstić information content (AvgIpc) is 2.76. The first-order valence-corrected chi connectivity index (χ1v) is 14.9. The van der Waals surface area contributed by atoms with Crippen LogP contribution in [0.15, 0.2) is 0 Å². The molecule has 0 aromatic carbocycles. The van der Waals surface area contributed by atoms with Gasteiger partial charge in [-0.1, -0.05) is 129 Å².